The molecular weight excluding hydrogens is 374 g/mol. The van der Waals surface area contributed by atoms with Crippen molar-refractivity contribution in [1.82, 2.24) is 10.3 Å². The SMILES string of the molecule is Cc1ccc(C(=O)N[C@H](C(=O)Nc2ccccn2)C23CC4CC(CC(C4)C2)C3)cc1. The minimum atomic E-state index is -0.540. The van der Waals surface area contributed by atoms with Gasteiger partial charge in [0.1, 0.15) is 11.9 Å². The molecule has 2 N–H and O–H groups in total. The summed E-state index contributed by atoms with van der Waals surface area (Å²) in [5.41, 5.74) is 1.56. The number of aromatic nitrogens is 1. The average Bonchev–Trinajstić information content (AvgIpc) is 2.72. The van der Waals surface area contributed by atoms with Crippen LogP contribution < -0.4 is 10.6 Å². The molecule has 1 heterocycles. The maximum absolute atomic E-state index is 13.5. The summed E-state index contributed by atoms with van der Waals surface area (Å²) in [6, 6.07) is 12.5. The van der Waals surface area contributed by atoms with Gasteiger partial charge in [-0.15, -0.1) is 0 Å². The lowest BCUT2D eigenvalue weighted by Crippen LogP contribution is -2.61. The molecule has 1 atom stereocenters. The number of pyridine rings is 1. The predicted octanol–water partition coefficient (Wildman–Crippen LogP) is 4.34. The van der Waals surface area contributed by atoms with Crippen LogP contribution >= 0.6 is 0 Å². The minimum Gasteiger partial charge on any atom is -0.340 e. The van der Waals surface area contributed by atoms with Crippen LogP contribution in [0.5, 0.6) is 0 Å². The first-order chi connectivity index (χ1) is 14.5. The summed E-state index contributed by atoms with van der Waals surface area (Å²) in [7, 11) is 0. The topological polar surface area (TPSA) is 71.1 Å². The van der Waals surface area contributed by atoms with E-state index in [0.29, 0.717) is 29.1 Å². The van der Waals surface area contributed by atoms with E-state index >= 15 is 0 Å². The lowest BCUT2D eigenvalue weighted by molar-refractivity contribution is -0.129. The normalized spacial score (nSPS) is 30.0. The molecule has 0 unspecified atom stereocenters. The fourth-order valence-electron chi connectivity index (χ4n) is 6.58. The van der Waals surface area contributed by atoms with Crippen molar-refractivity contribution in [2.45, 2.75) is 51.5 Å². The zero-order valence-corrected chi connectivity index (χ0v) is 17.4. The first-order valence-corrected chi connectivity index (χ1v) is 11.1. The van der Waals surface area contributed by atoms with Gasteiger partial charge in [0.15, 0.2) is 0 Å². The highest BCUT2D eigenvalue weighted by atomic mass is 16.2. The molecule has 0 saturated heterocycles. The number of amides is 2. The quantitative estimate of drug-likeness (QED) is 0.780. The first-order valence-electron chi connectivity index (χ1n) is 11.1. The lowest BCUT2D eigenvalue weighted by atomic mass is 9.47. The van der Waals surface area contributed by atoms with Gasteiger partial charge >= 0.3 is 0 Å². The van der Waals surface area contributed by atoms with Crippen LogP contribution in [-0.4, -0.2) is 22.8 Å². The Morgan fingerprint density at radius 2 is 1.60 bits per heavy atom. The van der Waals surface area contributed by atoms with Gasteiger partial charge in [0.2, 0.25) is 5.91 Å². The maximum Gasteiger partial charge on any atom is 0.251 e. The number of hydrogen-bond donors (Lipinski definition) is 2. The van der Waals surface area contributed by atoms with Gasteiger partial charge in [-0.05, 0) is 87.5 Å². The summed E-state index contributed by atoms with van der Waals surface area (Å²) in [6.07, 6.45) is 8.65. The lowest BCUT2D eigenvalue weighted by Gasteiger charge is -2.58. The Balaban J connectivity index is 1.44. The second kappa shape index (κ2) is 7.53. The van der Waals surface area contributed by atoms with E-state index in [-0.39, 0.29) is 17.2 Å². The van der Waals surface area contributed by atoms with Crippen LogP contribution in [0.3, 0.4) is 0 Å². The van der Waals surface area contributed by atoms with E-state index in [1.165, 1.54) is 19.3 Å². The third kappa shape index (κ3) is 3.62. The number of anilines is 1. The third-order valence-electron chi connectivity index (χ3n) is 7.47. The Labute approximate surface area is 177 Å². The van der Waals surface area contributed by atoms with Gasteiger partial charge in [0, 0.05) is 17.2 Å². The fraction of sp³-hybridized carbons (Fsp3) is 0.480. The molecule has 4 bridgehead atoms. The molecule has 0 spiro atoms. The second-order valence-corrected chi connectivity index (χ2v) is 9.76. The Hall–Kier alpha value is -2.69. The number of carbonyl (C=O) groups is 2. The highest BCUT2D eigenvalue weighted by Crippen LogP contribution is 2.61. The molecule has 4 saturated carbocycles. The van der Waals surface area contributed by atoms with Crippen molar-refractivity contribution in [1.29, 1.82) is 0 Å². The molecule has 5 nitrogen and oxygen atoms in total. The van der Waals surface area contributed by atoms with Crippen molar-refractivity contribution in [2.24, 2.45) is 23.2 Å². The zero-order valence-electron chi connectivity index (χ0n) is 17.4. The van der Waals surface area contributed by atoms with Crippen LogP contribution in [0.15, 0.2) is 48.7 Å². The zero-order chi connectivity index (χ0) is 20.7. The monoisotopic (exact) mass is 403 g/mol. The van der Waals surface area contributed by atoms with Gasteiger partial charge in [-0.3, -0.25) is 9.59 Å². The molecule has 4 aliphatic carbocycles. The largest absolute Gasteiger partial charge is 0.340 e. The average molecular weight is 404 g/mol. The molecule has 1 aromatic carbocycles. The van der Waals surface area contributed by atoms with Gasteiger partial charge in [0.25, 0.3) is 5.91 Å². The number of hydrogen-bond acceptors (Lipinski definition) is 3. The summed E-state index contributed by atoms with van der Waals surface area (Å²) in [4.78, 5) is 30.8. The number of aryl methyl sites for hydroxylation is 1. The van der Waals surface area contributed by atoms with Crippen LogP contribution in [0, 0.1) is 30.1 Å². The summed E-state index contributed by atoms with van der Waals surface area (Å²) in [6.45, 7) is 2.00. The molecule has 2 amide bonds. The summed E-state index contributed by atoms with van der Waals surface area (Å²) < 4.78 is 0. The first kappa shape index (κ1) is 19.3. The Kier molecular flexibility index (Phi) is 4.84. The summed E-state index contributed by atoms with van der Waals surface area (Å²) in [5, 5.41) is 6.12. The highest BCUT2D eigenvalue weighted by Gasteiger charge is 2.56. The molecular formula is C25H29N3O2. The second-order valence-electron chi connectivity index (χ2n) is 9.76. The van der Waals surface area contributed by atoms with Crippen LogP contribution in [0.1, 0.15) is 54.4 Å². The van der Waals surface area contributed by atoms with Crippen LogP contribution in [0.4, 0.5) is 5.82 Å². The van der Waals surface area contributed by atoms with E-state index in [4.69, 9.17) is 0 Å². The molecule has 4 fully saturated rings. The number of nitrogens with zero attached hydrogens (tertiary/aromatic N) is 1. The number of rotatable bonds is 5. The molecule has 30 heavy (non-hydrogen) atoms. The molecule has 0 radical (unpaired) electrons. The van der Waals surface area contributed by atoms with Crippen LogP contribution in [-0.2, 0) is 4.79 Å². The molecule has 0 aliphatic heterocycles. The molecule has 156 valence electrons. The Morgan fingerprint density at radius 3 is 2.17 bits per heavy atom. The van der Waals surface area contributed by atoms with Crippen molar-refractivity contribution in [3.63, 3.8) is 0 Å². The van der Waals surface area contributed by atoms with E-state index in [2.05, 4.69) is 15.6 Å². The summed E-state index contributed by atoms with van der Waals surface area (Å²) in [5.74, 6) is 2.29. The number of nitrogens with one attached hydrogen (secondary N) is 2. The minimum absolute atomic E-state index is 0.142. The fourth-order valence-corrected chi connectivity index (χ4v) is 6.58. The van der Waals surface area contributed by atoms with E-state index in [0.717, 1.165) is 24.8 Å². The summed E-state index contributed by atoms with van der Waals surface area (Å²) >= 11 is 0. The third-order valence-corrected chi connectivity index (χ3v) is 7.47. The van der Waals surface area contributed by atoms with Crippen molar-refractivity contribution in [3.8, 4) is 0 Å². The van der Waals surface area contributed by atoms with Crippen molar-refractivity contribution in [2.75, 3.05) is 5.32 Å². The predicted molar refractivity (Wildman–Crippen MR) is 116 cm³/mol. The van der Waals surface area contributed by atoms with Crippen molar-refractivity contribution >= 4 is 17.6 Å². The smallest absolute Gasteiger partial charge is 0.251 e. The van der Waals surface area contributed by atoms with Crippen molar-refractivity contribution in [3.05, 3.63) is 59.8 Å². The Morgan fingerprint density at radius 1 is 0.967 bits per heavy atom. The van der Waals surface area contributed by atoms with Gasteiger partial charge in [-0.1, -0.05) is 23.8 Å². The van der Waals surface area contributed by atoms with E-state index < -0.39 is 6.04 Å². The van der Waals surface area contributed by atoms with Gasteiger partial charge < -0.3 is 10.6 Å². The van der Waals surface area contributed by atoms with Crippen molar-refractivity contribution < 1.29 is 9.59 Å². The number of benzene rings is 1. The molecule has 1 aromatic heterocycles. The molecule has 2 aromatic rings. The maximum atomic E-state index is 13.5. The molecule has 5 heteroatoms. The standard InChI is InChI=1S/C25H29N3O2/c1-16-5-7-20(8-6-16)23(29)28-22(24(30)27-21-4-2-3-9-26-21)25-13-17-10-18(14-25)12-19(11-17)15-25/h2-9,17-19,22H,10-15H2,1H3,(H,28,29)(H,26,27,30)/t17?,18?,19?,22-,25?/m1/s1. The highest BCUT2D eigenvalue weighted by molar-refractivity contribution is 6.01. The molecule has 6 rings (SSSR count). The Bertz CT molecular complexity index is 903. The van der Waals surface area contributed by atoms with E-state index in [1.54, 1.807) is 12.3 Å². The van der Waals surface area contributed by atoms with E-state index in [1.807, 2.05) is 43.3 Å². The molecule has 4 aliphatic rings. The number of carbonyl (C=O) groups excluding carboxylic acids is 2. The van der Waals surface area contributed by atoms with Crippen LogP contribution in [0.25, 0.3) is 0 Å². The van der Waals surface area contributed by atoms with Gasteiger partial charge in [-0.2, -0.15) is 0 Å². The van der Waals surface area contributed by atoms with E-state index in [9.17, 15) is 9.59 Å². The van der Waals surface area contributed by atoms with Gasteiger partial charge in [-0.25, -0.2) is 4.98 Å². The van der Waals surface area contributed by atoms with Crippen LogP contribution in [0.2, 0.25) is 0 Å². The van der Waals surface area contributed by atoms with Gasteiger partial charge in [0.05, 0.1) is 0 Å².